The topological polar surface area (TPSA) is 38.0 Å². The van der Waals surface area contributed by atoms with Crippen LogP contribution in [-0.4, -0.2) is 14.9 Å². The van der Waals surface area contributed by atoms with E-state index in [0.29, 0.717) is 0 Å². The fourth-order valence-corrected chi connectivity index (χ4v) is 1.13. The van der Waals surface area contributed by atoms with E-state index in [1.807, 2.05) is 27.0 Å². The lowest BCUT2D eigenvalue weighted by molar-refractivity contribution is 0.476. The summed E-state index contributed by atoms with van der Waals surface area (Å²) in [6.07, 6.45) is 1.77. The molecule has 0 amide bonds. The second kappa shape index (κ2) is 3.94. The molecule has 0 bridgehead atoms. The molecule has 0 saturated carbocycles. The molecule has 1 aromatic carbocycles. The standard InChI is InChI=1S/C8H8N2O.C2H6/c1-10-8-4-7(11)3-2-6(8)5-9-10;1-2/h2-5,11H,1H3;1-2H3. The third-order valence-electron chi connectivity index (χ3n) is 1.73. The van der Waals surface area contributed by atoms with E-state index >= 15 is 0 Å². The predicted octanol–water partition coefficient (Wildman–Crippen LogP) is 2.31. The number of hydrogen-bond acceptors (Lipinski definition) is 2. The number of aryl methyl sites for hydroxylation is 1. The van der Waals surface area contributed by atoms with E-state index in [-0.39, 0.29) is 5.75 Å². The Morgan fingerprint density at radius 1 is 1.31 bits per heavy atom. The molecule has 70 valence electrons. The van der Waals surface area contributed by atoms with Crippen LogP contribution in [0.2, 0.25) is 0 Å². The lowest BCUT2D eigenvalue weighted by Crippen LogP contribution is -1.87. The third kappa shape index (κ3) is 1.80. The Bertz CT molecular complexity index is 393. The highest BCUT2D eigenvalue weighted by Crippen LogP contribution is 2.18. The van der Waals surface area contributed by atoms with Gasteiger partial charge in [0.2, 0.25) is 0 Å². The first-order valence-electron chi connectivity index (χ1n) is 4.38. The van der Waals surface area contributed by atoms with Gasteiger partial charge in [0, 0.05) is 18.5 Å². The highest BCUT2D eigenvalue weighted by Gasteiger charge is 1.98. The second-order valence-corrected chi connectivity index (χ2v) is 2.51. The normalized spacial score (nSPS) is 9.46. The Balaban J connectivity index is 0.000000396. The van der Waals surface area contributed by atoms with Crippen LogP contribution >= 0.6 is 0 Å². The molecule has 0 spiro atoms. The minimum Gasteiger partial charge on any atom is -0.508 e. The number of hydrogen-bond donors (Lipinski definition) is 1. The van der Waals surface area contributed by atoms with Gasteiger partial charge in [-0.25, -0.2) is 0 Å². The largest absolute Gasteiger partial charge is 0.508 e. The SMILES string of the molecule is CC.Cn1ncc2ccc(O)cc21. The molecule has 2 aromatic rings. The van der Waals surface area contributed by atoms with Crippen LogP contribution < -0.4 is 0 Å². The Labute approximate surface area is 77.6 Å². The fourth-order valence-electron chi connectivity index (χ4n) is 1.13. The van der Waals surface area contributed by atoms with Crippen molar-refractivity contribution in [3.05, 3.63) is 24.4 Å². The minimum atomic E-state index is 0.279. The summed E-state index contributed by atoms with van der Waals surface area (Å²) in [7, 11) is 1.85. The van der Waals surface area contributed by atoms with Gasteiger partial charge < -0.3 is 5.11 Å². The zero-order valence-electron chi connectivity index (χ0n) is 8.15. The lowest BCUT2D eigenvalue weighted by atomic mass is 10.2. The van der Waals surface area contributed by atoms with Crippen molar-refractivity contribution in [2.75, 3.05) is 0 Å². The van der Waals surface area contributed by atoms with Gasteiger partial charge in [0.05, 0.1) is 11.7 Å². The van der Waals surface area contributed by atoms with Crippen molar-refractivity contribution in [1.29, 1.82) is 0 Å². The molecule has 1 N–H and O–H groups in total. The van der Waals surface area contributed by atoms with Crippen molar-refractivity contribution in [3.63, 3.8) is 0 Å². The van der Waals surface area contributed by atoms with Crippen molar-refractivity contribution < 1.29 is 5.11 Å². The maximum Gasteiger partial charge on any atom is 0.117 e. The van der Waals surface area contributed by atoms with Crippen LogP contribution in [0.5, 0.6) is 5.75 Å². The van der Waals surface area contributed by atoms with E-state index in [2.05, 4.69) is 5.10 Å². The van der Waals surface area contributed by atoms with Crippen molar-refractivity contribution in [3.8, 4) is 5.75 Å². The minimum absolute atomic E-state index is 0.279. The van der Waals surface area contributed by atoms with E-state index in [1.165, 1.54) is 0 Å². The first-order chi connectivity index (χ1) is 6.27. The Kier molecular flexibility index (Phi) is 2.90. The lowest BCUT2D eigenvalue weighted by Gasteiger charge is -1.93. The van der Waals surface area contributed by atoms with E-state index < -0.39 is 0 Å². The molecule has 3 nitrogen and oxygen atoms in total. The second-order valence-electron chi connectivity index (χ2n) is 2.51. The molecule has 0 aliphatic heterocycles. The Hall–Kier alpha value is -1.51. The van der Waals surface area contributed by atoms with E-state index in [1.54, 1.807) is 23.0 Å². The van der Waals surface area contributed by atoms with Crippen LogP contribution in [0.15, 0.2) is 24.4 Å². The third-order valence-corrected chi connectivity index (χ3v) is 1.73. The first-order valence-corrected chi connectivity index (χ1v) is 4.38. The van der Waals surface area contributed by atoms with Crippen LogP contribution in [0.4, 0.5) is 0 Å². The molecule has 0 atom stereocenters. The number of benzene rings is 1. The summed E-state index contributed by atoms with van der Waals surface area (Å²) in [5, 5.41) is 14.2. The molecule has 0 saturated heterocycles. The molecule has 2 rings (SSSR count). The molecule has 3 heteroatoms. The maximum absolute atomic E-state index is 9.13. The fraction of sp³-hybridized carbons (Fsp3) is 0.300. The molecule has 0 radical (unpaired) electrons. The summed E-state index contributed by atoms with van der Waals surface area (Å²) in [5.74, 6) is 0.279. The van der Waals surface area contributed by atoms with Gasteiger partial charge in [-0.15, -0.1) is 0 Å². The van der Waals surface area contributed by atoms with E-state index in [9.17, 15) is 0 Å². The molecular weight excluding hydrogens is 164 g/mol. The van der Waals surface area contributed by atoms with E-state index in [4.69, 9.17) is 5.11 Å². The van der Waals surface area contributed by atoms with Gasteiger partial charge in [-0.1, -0.05) is 13.8 Å². The average Bonchev–Trinajstić information content (AvgIpc) is 2.52. The van der Waals surface area contributed by atoms with Crippen molar-refractivity contribution in [2.24, 2.45) is 7.05 Å². The summed E-state index contributed by atoms with van der Waals surface area (Å²) in [6.45, 7) is 4.00. The number of aromatic hydroxyl groups is 1. The summed E-state index contributed by atoms with van der Waals surface area (Å²) in [4.78, 5) is 0. The monoisotopic (exact) mass is 178 g/mol. The van der Waals surface area contributed by atoms with Gasteiger partial charge in [-0.05, 0) is 12.1 Å². The van der Waals surface area contributed by atoms with E-state index in [0.717, 1.165) is 10.9 Å². The molecule has 0 fully saturated rings. The van der Waals surface area contributed by atoms with Crippen molar-refractivity contribution in [2.45, 2.75) is 13.8 Å². The Morgan fingerprint density at radius 3 is 2.69 bits per heavy atom. The number of fused-ring (bicyclic) bond motifs is 1. The molecule has 0 aliphatic rings. The summed E-state index contributed by atoms with van der Waals surface area (Å²) in [6, 6.07) is 5.20. The van der Waals surface area contributed by atoms with Gasteiger partial charge in [0.25, 0.3) is 0 Å². The molecule has 1 aromatic heterocycles. The van der Waals surface area contributed by atoms with Crippen LogP contribution in [0.1, 0.15) is 13.8 Å². The van der Waals surface area contributed by atoms with Crippen LogP contribution in [-0.2, 0) is 7.05 Å². The zero-order chi connectivity index (χ0) is 9.84. The average molecular weight is 178 g/mol. The van der Waals surface area contributed by atoms with Crippen LogP contribution in [0, 0.1) is 0 Å². The summed E-state index contributed by atoms with van der Waals surface area (Å²) in [5.41, 5.74) is 0.949. The maximum atomic E-state index is 9.13. The quantitative estimate of drug-likeness (QED) is 0.672. The number of rotatable bonds is 0. The number of phenolic OH excluding ortho intramolecular Hbond substituents is 1. The zero-order valence-corrected chi connectivity index (χ0v) is 8.15. The molecule has 1 heterocycles. The van der Waals surface area contributed by atoms with Crippen molar-refractivity contribution in [1.82, 2.24) is 9.78 Å². The van der Waals surface area contributed by atoms with Crippen molar-refractivity contribution >= 4 is 10.9 Å². The van der Waals surface area contributed by atoms with Gasteiger partial charge in [0.1, 0.15) is 5.75 Å². The number of aromatic nitrogens is 2. The van der Waals surface area contributed by atoms with Gasteiger partial charge in [-0.3, -0.25) is 4.68 Å². The van der Waals surface area contributed by atoms with Crippen LogP contribution in [0.25, 0.3) is 10.9 Å². The molecule has 13 heavy (non-hydrogen) atoms. The van der Waals surface area contributed by atoms with Gasteiger partial charge in [0.15, 0.2) is 0 Å². The molecule has 0 unspecified atom stereocenters. The summed E-state index contributed by atoms with van der Waals surface area (Å²) < 4.78 is 1.73. The highest BCUT2D eigenvalue weighted by atomic mass is 16.3. The summed E-state index contributed by atoms with van der Waals surface area (Å²) >= 11 is 0. The van der Waals surface area contributed by atoms with Gasteiger partial charge >= 0.3 is 0 Å². The Morgan fingerprint density at radius 2 is 2.00 bits per heavy atom. The molecular formula is C10H14N2O. The first kappa shape index (κ1) is 9.58. The number of nitrogens with zero attached hydrogens (tertiary/aromatic N) is 2. The smallest absolute Gasteiger partial charge is 0.117 e. The molecule has 0 aliphatic carbocycles. The van der Waals surface area contributed by atoms with Crippen LogP contribution in [0.3, 0.4) is 0 Å². The highest BCUT2D eigenvalue weighted by molar-refractivity contribution is 5.79. The number of phenols is 1. The van der Waals surface area contributed by atoms with Gasteiger partial charge in [-0.2, -0.15) is 5.10 Å². The predicted molar refractivity (Wildman–Crippen MR) is 53.7 cm³/mol.